The highest BCUT2D eigenvalue weighted by atomic mass is 16.5. The van der Waals surface area contributed by atoms with Crippen molar-refractivity contribution < 1.29 is 9.26 Å². The first-order valence-corrected chi connectivity index (χ1v) is 11.9. The maximum absolute atomic E-state index is 9.78. The summed E-state index contributed by atoms with van der Waals surface area (Å²) >= 11 is 0. The minimum atomic E-state index is 0.472. The number of fused-ring (bicyclic) bond motifs is 1. The first-order chi connectivity index (χ1) is 16.1. The van der Waals surface area contributed by atoms with E-state index in [9.17, 15) is 5.26 Å². The molecule has 0 bridgehead atoms. The number of ether oxygens (including phenoxy) is 1. The normalized spacial score (nSPS) is 18.0. The van der Waals surface area contributed by atoms with Crippen LogP contribution in [-0.4, -0.2) is 53.5 Å². The molecule has 2 aliphatic rings. The van der Waals surface area contributed by atoms with Crippen LogP contribution in [0.3, 0.4) is 0 Å². The van der Waals surface area contributed by atoms with Crippen LogP contribution in [0.25, 0.3) is 22.4 Å². The fraction of sp³-hybridized carbons (Fsp3) is 0.520. The van der Waals surface area contributed by atoms with Gasteiger partial charge in [0.15, 0.2) is 5.82 Å². The predicted octanol–water partition coefficient (Wildman–Crippen LogP) is 3.76. The molecule has 2 aliphatic heterocycles. The Kier molecular flexibility index (Phi) is 6.25. The maximum atomic E-state index is 9.78. The first kappa shape index (κ1) is 21.8. The molecule has 8 heteroatoms. The summed E-state index contributed by atoms with van der Waals surface area (Å²) in [5.41, 5.74) is 3.28. The number of rotatable bonds is 5. The third-order valence-electron chi connectivity index (χ3n) is 6.73. The van der Waals surface area contributed by atoms with E-state index >= 15 is 0 Å². The topological polar surface area (TPSA) is 100 Å². The molecule has 1 N–H and O–H groups in total. The fourth-order valence-electron chi connectivity index (χ4n) is 4.89. The molecule has 172 valence electrons. The lowest BCUT2D eigenvalue weighted by Gasteiger charge is -2.36. The standard InChI is InChI=1S/C25H30N6O2/c1-3-17-12-18-14-22(25-27-16(2)30-33-25)24(29-23(18)19(13-17)15-26)31-8-4-20(5-9-31)28-21-6-10-32-11-7-21/h12-14,20-21,28H,3-11H2,1-2H3. The number of anilines is 1. The van der Waals surface area contributed by atoms with Crippen LogP contribution in [0, 0.1) is 18.3 Å². The molecule has 2 fully saturated rings. The Morgan fingerprint density at radius 1 is 1.09 bits per heavy atom. The van der Waals surface area contributed by atoms with Crippen molar-refractivity contribution >= 4 is 16.7 Å². The lowest BCUT2D eigenvalue weighted by atomic mass is 9.99. The van der Waals surface area contributed by atoms with Gasteiger partial charge in [0.1, 0.15) is 11.9 Å². The number of nitrogens with zero attached hydrogens (tertiary/aromatic N) is 5. The largest absolute Gasteiger partial charge is 0.381 e. The summed E-state index contributed by atoms with van der Waals surface area (Å²) in [5, 5.41) is 18.5. The number of pyridine rings is 1. The van der Waals surface area contributed by atoms with Crippen molar-refractivity contribution in [2.24, 2.45) is 0 Å². The number of hydrogen-bond donors (Lipinski definition) is 1. The minimum Gasteiger partial charge on any atom is -0.381 e. The smallest absolute Gasteiger partial charge is 0.261 e. The van der Waals surface area contributed by atoms with Gasteiger partial charge in [0.25, 0.3) is 5.89 Å². The molecule has 0 spiro atoms. The predicted molar refractivity (Wildman–Crippen MR) is 126 cm³/mol. The Balaban J connectivity index is 1.47. The summed E-state index contributed by atoms with van der Waals surface area (Å²) in [6.45, 7) is 7.38. The summed E-state index contributed by atoms with van der Waals surface area (Å²) < 4.78 is 11.0. The second-order valence-corrected chi connectivity index (χ2v) is 9.00. The van der Waals surface area contributed by atoms with Crippen LogP contribution < -0.4 is 10.2 Å². The average Bonchev–Trinajstić information content (AvgIpc) is 3.29. The second kappa shape index (κ2) is 9.46. The molecule has 3 aromatic rings. The molecule has 0 atom stereocenters. The van der Waals surface area contributed by atoms with Crippen molar-refractivity contribution in [3.05, 3.63) is 35.2 Å². The summed E-state index contributed by atoms with van der Waals surface area (Å²) in [4.78, 5) is 11.8. The van der Waals surface area contributed by atoms with Gasteiger partial charge < -0.3 is 19.5 Å². The molecule has 0 aliphatic carbocycles. The molecule has 5 rings (SSSR count). The Hall–Kier alpha value is -3.02. The number of hydrogen-bond acceptors (Lipinski definition) is 8. The van der Waals surface area contributed by atoms with Crippen LogP contribution >= 0.6 is 0 Å². The van der Waals surface area contributed by atoms with E-state index in [0.29, 0.717) is 29.4 Å². The highest BCUT2D eigenvalue weighted by Crippen LogP contribution is 2.34. The van der Waals surface area contributed by atoms with Crippen molar-refractivity contribution in [3.8, 4) is 17.5 Å². The van der Waals surface area contributed by atoms with Gasteiger partial charge in [-0.25, -0.2) is 4.98 Å². The number of nitrogens with one attached hydrogen (secondary N) is 1. The molecule has 0 amide bonds. The molecule has 4 heterocycles. The third-order valence-corrected chi connectivity index (χ3v) is 6.73. The summed E-state index contributed by atoms with van der Waals surface area (Å²) in [6, 6.07) is 9.49. The number of nitriles is 1. The van der Waals surface area contributed by atoms with Crippen LogP contribution in [-0.2, 0) is 11.2 Å². The van der Waals surface area contributed by atoms with Crippen LogP contribution in [0.15, 0.2) is 22.7 Å². The number of aromatic nitrogens is 3. The van der Waals surface area contributed by atoms with Crippen molar-refractivity contribution in [1.29, 1.82) is 5.26 Å². The van der Waals surface area contributed by atoms with Crippen LogP contribution in [0.2, 0.25) is 0 Å². The van der Waals surface area contributed by atoms with E-state index in [4.69, 9.17) is 14.2 Å². The van der Waals surface area contributed by atoms with E-state index in [1.165, 1.54) is 0 Å². The van der Waals surface area contributed by atoms with Gasteiger partial charge in [-0.2, -0.15) is 10.2 Å². The van der Waals surface area contributed by atoms with E-state index < -0.39 is 0 Å². The monoisotopic (exact) mass is 446 g/mol. The van der Waals surface area contributed by atoms with Gasteiger partial charge in [0, 0.05) is 43.8 Å². The van der Waals surface area contributed by atoms with Crippen LogP contribution in [0.4, 0.5) is 5.82 Å². The van der Waals surface area contributed by atoms with Gasteiger partial charge in [-0.3, -0.25) is 0 Å². The van der Waals surface area contributed by atoms with Crippen molar-refractivity contribution in [3.63, 3.8) is 0 Å². The lowest BCUT2D eigenvalue weighted by molar-refractivity contribution is 0.0738. The van der Waals surface area contributed by atoms with Gasteiger partial charge >= 0.3 is 0 Å². The van der Waals surface area contributed by atoms with Crippen LogP contribution in [0.1, 0.15) is 49.6 Å². The molecule has 1 aromatic carbocycles. The quantitative estimate of drug-likeness (QED) is 0.632. The third kappa shape index (κ3) is 4.56. The van der Waals surface area contributed by atoms with Gasteiger partial charge in [0.05, 0.1) is 16.6 Å². The number of aryl methyl sites for hydroxylation is 2. The Labute approximate surface area is 193 Å². The lowest BCUT2D eigenvalue weighted by Crippen LogP contribution is -2.48. The fourth-order valence-corrected chi connectivity index (χ4v) is 4.89. The highest BCUT2D eigenvalue weighted by molar-refractivity contribution is 5.91. The molecule has 0 unspecified atom stereocenters. The second-order valence-electron chi connectivity index (χ2n) is 9.00. The van der Waals surface area contributed by atoms with E-state index in [1.54, 1.807) is 0 Å². The molecule has 0 saturated carbocycles. The van der Waals surface area contributed by atoms with E-state index in [-0.39, 0.29) is 0 Å². The minimum absolute atomic E-state index is 0.472. The average molecular weight is 447 g/mol. The van der Waals surface area contributed by atoms with Crippen molar-refractivity contribution in [2.45, 2.75) is 58.0 Å². The van der Waals surface area contributed by atoms with E-state index in [0.717, 1.165) is 86.3 Å². The highest BCUT2D eigenvalue weighted by Gasteiger charge is 2.27. The molecular weight excluding hydrogens is 416 g/mol. The van der Waals surface area contributed by atoms with Gasteiger partial charge in [-0.15, -0.1) is 0 Å². The molecular formula is C25H30N6O2. The van der Waals surface area contributed by atoms with E-state index in [2.05, 4.69) is 45.5 Å². The number of piperidine rings is 1. The molecule has 8 nitrogen and oxygen atoms in total. The van der Waals surface area contributed by atoms with Gasteiger partial charge in [-0.1, -0.05) is 12.1 Å². The van der Waals surface area contributed by atoms with E-state index in [1.807, 2.05) is 13.0 Å². The van der Waals surface area contributed by atoms with Crippen molar-refractivity contribution in [2.75, 3.05) is 31.2 Å². The Morgan fingerprint density at radius 3 is 2.52 bits per heavy atom. The van der Waals surface area contributed by atoms with Gasteiger partial charge in [0.2, 0.25) is 0 Å². The Morgan fingerprint density at radius 2 is 1.85 bits per heavy atom. The zero-order valence-electron chi connectivity index (χ0n) is 19.3. The SMILES string of the molecule is CCc1cc(C#N)c2nc(N3CCC(NC4CCOCC4)CC3)c(-c3nc(C)no3)cc2c1. The van der Waals surface area contributed by atoms with Crippen molar-refractivity contribution in [1.82, 2.24) is 20.4 Å². The zero-order chi connectivity index (χ0) is 22.8. The van der Waals surface area contributed by atoms with Crippen LogP contribution in [0.5, 0.6) is 0 Å². The Bertz CT molecular complexity index is 1170. The summed E-state index contributed by atoms with van der Waals surface area (Å²) in [6.07, 6.45) is 5.11. The summed E-state index contributed by atoms with van der Waals surface area (Å²) in [5.74, 6) is 1.88. The summed E-state index contributed by atoms with van der Waals surface area (Å²) in [7, 11) is 0. The first-order valence-electron chi connectivity index (χ1n) is 11.9. The van der Waals surface area contributed by atoms with Gasteiger partial charge in [-0.05, 0) is 62.8 Å². The number of benzene rings is 1. The zero-order valence-corrected chi connectivity index (χ0v) is 19.3. The molecule has 2 saturated heterocycles. The molecule has 0 radical (unpaired) electrons. The maximum Gasteiger partial charge on any atom is 0.261 e. The molecule has 33 heavy (non-hydrogen) atoms. The molecule has 2 aromatic heterocycles.